The number of para-hydroxylation sites is 1. The Morgan fingerprint density at radius 3 is 2.37 bits per heavy atom. The van der Waals surface area contributed by atoms with Crippen LogP contribution in [0.4, 0.5) is 17.2 Å². The summed E-state index contributed by atoms with van der Waals surface area (Å²) in [4.78, 5) is 19.0. The van der Waals surface area contributed by atoms with Crippen molar-refractivity contribution in [2.75, 3.05) is 43.0 Å². The molecule has 2 heterocycles. The minimum atomic E-state index is -3.54. The second-order valence-corrected chi connectivity index (χ2v) is 8.09. The Morgan fingerprint density at radius 2 is 1.78 bits per heavy atom. The summed E-state index contributed by atoms with van der Waals surface area (Å²) in [5, 5.41) is 10.9. The molecule has 3 rings (SSSR count). The molecule has 0 saturated carbocycles. The number of aryl methyl sites for hydroxylation is 1. The van der Waals surface area contributed by atoms with Crippen molar-refractivity contribution in [2.24, 2.45) is 0 Å². The van der Waals surface area contributed by atoms with E-state index < -0.39 is 14.9 Å². The lowest BCUT2D eigenvalue weighted by Gasteiger charge is -2.37. The summed E-state index contributed by atoms with van der Waals surface area (Å²) in [7, 11) is -2.15. The highest BCUT2D eigenvalue weighted by Crippen LogP contribution is 2.27. The van der Waals surface area contributed by atoms with E-state index in [4.69, 9.17) is 0 Å². The smallest absolute Gasteiger partial charge is 0.290 e. The Balaban J connectivity index is 1.77. The number of benzene rings is 1. The molecule has 10 heteroatoms. The predicted octanol–water partition coefficient (Wildman–Crippen LogP) is 1.53. The molecule has 144 valence electrons. The van der Waals surface area contributed by atoms with Gasteiger partial charge in [-0.1, -0.05) is 12.1 Å². The van der Waals surface area contributed by atoms with Gasteiger partial charge in [-0.2, -0.15) is 0 Å². The fourth-order valence-electron chi connectivity index (χ4n) is 3.13. The lowest BCUT2D eigenvalue weighted by atomic mass is 10.2. The SMILES string of the molecule is CNS(=O)(=O)c1ccccc1N1CCN(c2cc(C)c([N+](=O)[O-])cn2)CC1. The van der Waals surface area contributed by atoms with Gasteiger partial charge in [0.15, 0.2) is 0 Å². The molecule has 1 fully saturated rings. The predicted molar refractivity (Wildman–Crippen MR) is 103 cm³/mol. The number of nitrogens with one attached hydrogen (secondary N) is 1. The molecule has 1 aromatic heterocycles. The van der Waals surface area contributed by atoms with Crippen LogP contribution in [0.2, 0.25) is 0 Å². The molecule has 0 radical (unpaired) electrons. The van der Waals surface area contributed by atoms with Gasteiger partial charge in [-0.3, -0.25) is 10.1 Å². The van der Waals surface area contributed by atoms with Gasteiger partial charge >= 0.3 is 0 Å². The summed E-state index contributed by atoms with van der Waals surface area (Å²) in [6, 6.07) is 8.63. The van der Waals surface area contributed by atoms with Gasteiger partial charge in [0.1, 0.15) is 16.9 Å². The van der Waals surface area contributed by atoms with Gasteiger partial charge in [0.25, 0.3) is 5.69 Å². The molecular weight excluding hydrogens is 370 g/mol. The Bertz CT molecular complexity index is 956. The quantitative estimate of drug-likeness (QED) is 0.608. The van der Waals surface area contributed by atoms with Crippen molar-refractivity contribution in [1.29, 1.82) is 0 Å². The first kappa shape index (κ1) is 19.1. The van der Waals surface area contributed by atoms with Gasteiger partial charge in [0.2, 0.25) is 10.0 Å². The molecule has 1 aliphatic rings. The van der Waals surface area contributed by atoms with Gasteiger partial charge in [-0.25, -0.2) is 18.1 Å². The van der Waals surface area contributed by atoms with Crippen LogP contribution in [0.25, 0.3) is 0 Å². The van der Waals surface area contributed by atoms with E-state index in [9.17, 15) is 18.5 Å². The standard InChI is InChI=1S/C17H21N5O4S/c1-13-11-17(19-12-15(13)22(23)24)21-9-7-20(8-10-21)14-5-3-4-6-16(14)27(25,26)18-2/h3-6,11-12,18H,7-10H2,1-2H3. The van der Waals surface area contributed by atoms with Crippen LogP contribution in [0.5, 0.6) is 0 Å². The zero-order valence-electron chi connectivity index (χ0n) is 15.1. The molecule has 1 aromatic carbocycles. The molecule has 0 aliphatic carbocycles. The molecule has 1 saturated heterocycles. The third-order valence-electron chi connectivity index (χ3n) is 4.63. The molecule has 9 nitrogen and oxygen atoms in total. The first-order chi connectivity index (χ1) is 12.8. The highest BCUT2D eigenvalue weighted by atomic mass is 32.2. The van der Waals surface area contributed by atoms with Crippen LogP contribution >= 0.6 is 0 Å². The fraction of sp³-hybridized carbons (Fsp3) is 0.353. The van der Waals surface area contributed by atoms with Crippen LogP contribution in [0, 0.1) is 17.0 Å². The zero-order chi connectivity index (χ0) is 19.6. The van der Waals surface area contributed by atoms with Crippen molar-refractivity contribution < 1.29 is 13.3 Å². The largest absolute Gasteiger partial charge is 0.367 e. The zero-order valence-corrected chi connectivity index (χ0v) is 15.9. The Kier molecular flexibility index (Phi) is 5.29. The van der Waals surface area contributed by atoms with Crippen LogP contribution in [-0.4, -0.2) is 51.6 Å². The first-order valence-corrected chi connectivity index (χ1v) is 9.95. The summed E-state index contributed by atoms with van der Waals surface area (Å²) in [5.74, 6) is 0.689. The molecular formula is C17H21N5O4S. The normalized spacial score (nSPS) is 15.0. The van der Waals surface area contributed by atoms with E-state index in [-0.39, 0.29) is 10.6 Å². The minimum Gasteiger partial charge on any atom is -0.367 e. The number of piperazine rings is 1. The number of nitro groups is 1. The lowest BCUT2D eigenvalue weighted by molar-refractivity contribution is -0.385. The van der Waals surface area contributed by atoms with E-state index in [2.05, 4.69) is 9.71 Å². The van der Waals surface area contributed by atoms with Gasteiger partial charge in [-0.15, -0.1) is 0 Å². The van der Waals surface area contributed by atoms with Crippen molar-refractivity contribution in [3.05, 3.63) is 52.2 Å². The minimum absolute atomic E-state index is 0.00332. The van der Waals surface area contributed by atoms with Crippen LogP contribution in [0.3, 0.4) is 0 Å². The number of nitrogens with zero attached hydrogens (tertiary/aromatic N) is 4. The maximum absolute atomic E-state index is 12.3. The maximum atomic E-state index is 12.3. The van der Waals surface area contributed by atoms with Gasteiger partial charge < -0.3 is 9.80 Å². The molecule has 2 aromatic rings. The number of aromatic nitrogens is 1. The van der Waals surface area contributed by atoms with E-state index in [0.717, 1.165) is 0 Å². The van der Waals surface area contributed by atoms with Crippen molar-refractivity contribution in [3.63, 3.8) is 0 Å². The molecule has 27 heavy (non-hydrogen) atoms. The van der Waals surface area contributed by atoms with E-state index >= 15 is 0 Å². The summed E-state index contributed by atoms with van der Waals surface area (Å²) >= 11 is 0. The van der Waals surface area contributed by atoms with Gasteiger partial charge in [0.05, 0.1) is 10.6 Å². The second kappa shape index (κ2) is 7.49. The molecule has 1 N–H and O–H groups in total. The average Bonchev–Trinajstić information content (AvgIpc) is 2.67. The van der Waals surface area contributed by atoms with Gasteiger partial charge in [0, 0.05) is 31.7 Å². The summed E-state index contributed by atoms with van der Waals surface area (Å²) in [6.45, 7) is 4.21. The lowest BCUT2D eigenvalue weighted by Crippen LogP contribution is -2.47. The molecule has 0 amide bonds. The van der Waals surface area contributed by atoms with E-state index in [1.54, 1.807) is 31.2 Å². The van der Waals surface area contributed by atoms with E-state index in [0.29, 0.717) is 43.2 Å². The van der Waals surface area contributed by atoms with Gasteiger partial charge in [-0.05, 0) is 32.2 Å². The third kappa shape index (κ3) is 3.86. The van der Waals surface area contributed by atoms with E-state index in [1.165, 1.54) is 13.2 Å². The summed E-state index contributed by atoms with van der Waals surface area (Å²) < 4.78 is 26.9. The number of pyridine rings is 1. The Morgan fingerprint density at radius 1 is 1.15 bits per heavy atom. The Hall–Kier alpha value is -2.72. The summed E-state index contributed by atoms with van der Waals surface area (Å²) in [5.41, 5.74) is 1.24. The monoisotopic (exact) mass is 391 g/mol. The highest BCUT2D eigenvalue weighted by molar-refractivity contribution is 7.89. The number of rotatable bonds is 5. The summed E-state index contributed by atoms with van der Waals surface area (Å²) in [6.07, 6.45) is 1.28. The van der Waals surface area contributed by atoms with Crippen LogP contribution in [0.1, 0.15) is 5.56 Å². The van der Waals surface area contributed by atoms with Crippen LogP contribution in [0.15, 0.2) is 41.4 Å². The van der Waals surface area contributed by atoms with Crippen LogP contribution < -0.4 is 14.5 Å². The maximum Gasteiger partial charge on any atom is 0.290 e. The van der Waals surface area contributed by atoms with Crippen LogP contribution in [-0.2, 0) is 10.0 Å². The molecule has 0 atom stereocenters. The number of sulfonamides is 1. The highest BCUT2D eigenvalue weighted by Gasteiger charge is 2.24. The van der Waals surface area contributed by atoms with E-state index in [1.807, 2.05) is 15.9 Å². The van der Waals surface area contributed by atoms with Crippen molar-refractivity contribution >= 4 is 27.2 Å². The second-order valence-electron chi connectivity index (χ2n) is 6.24. The number of anilines is 2. The number of hydrogen-bond acceptors (Lipinski definition) is 7. The Labute approximate surface area is 157 Å². The molecule has 0 unspecified atom stereocenters. The average molecular weight is 391 g/mol. The van der Waals surface area contributed by atoms with Crippen molar-refractivity contribution in [1.82, 2.24) is 9.71 Å². The van der Waals surface area contributed by atoms with Crippen molar-refractivity contribution in [2.45, 2.75) is 11.8 Å². The molecule has 0 spiro atoms. The topological polar surface area (TPSA) is 109 Å². The third-order valence-corrected chi connectivity index (χ3v) is 6.09. The first-order valence-electron chi connectivity index (χ1n) is 8.47. The number of hydrogen-bond donors (Lipinski definition) is 1. The molecule has 1 aliphatic heterocycles. The van der Waals surface area contributed by atoms with Crippen molar-refractivity contribution in [3.8, 4) is 0 Å². The molecule has 0 bridgehead atoms. The fourth-order valence-corrected chi connectivity index (χ4v) is 4.08.